The number of ketones is 1. The molecule has 0 aromatic heterocycles. The number of methoxy groups -OCH3 is 1. The Kier molecular flexibility index (Phi) is 4.73. The van der Waals surface area contributed by atoms with Crippen LogP contribution in [-0.4, -0.2) is 30.6 Å². The second-order valence-electron chi connectivity index (χ2n) is 5.62. The summed E-state index contributed by atoms with van der Waals surface area (Å²) >= 11 is 12.5. The molecule has 0 amide bonds. The summed E-state index contributed by atoms with van der Waals surface area (Å²) in [6, 6.07) is 10.7. The molecule has 5 nitrogen and oxygen atoms in total. The minimum Gasteiger partial charge on any atom is -0.480 e. The SMILES string of the molecule is CO[C@]1(c2ccccc2)Cc2cc(OCC(=O)O)c(Cl)c(Cl)c2C1=O. The molecule has 7 heteroatoms. The number of hydrogen-bond donors (Lipinski definition) is 1. The van der Waals surface area contributed by atoms with Crippen LogP contribution in [0.3, 0.4) is 0 Å². The molecule has 0 saturated heterocycles. The summed E-state index contributed by atoms with van der Waals surface area (Å²) in [5, 5.41) is 8.82. The molecule has 0 fully saturated rings. The van der Waals surface area contributed by atoms with Crippen LogP contribution in [0.5, 0.6) is 5.75 Å². The molecule has 3 rings (SSSR count). The summed E-state index contributed by atoms with van der Waals surface area (Å²) in [5.74, 6) is -1.30. The van der Waals surface area contributed by atoms with Gasteiger partial charge in [-0.2, -0.15) is 0 Å². The number of carboxylic acids is 1. The van der Waals surface area contributed by atoms with E-state index in [1.807, 2.05) is 30.3 Å². The summed E-state index contributed by atoms with van der Waals surface area (Å²) in [4.78, 5) is 23.8. The normalized spacial score (nSPS) is 18.9. The Morgan fingerprint density at radius 1 is 1.24 bits per heavy atom. The van der Waals surface area contributed by atoms with E-state index in [2.05, 4.69) is 0 Å². The van der Waals surface area contributed by atoms with Crippen LogP contribution < -0.4 is 4.74 Å². The van der Waals surface area contributed by atoms with Gasteiger partial charge >= 0.3 is 5.97 Å². The van der Waals surface area contributed by atoms with E-state index < -0.39 is 18.2 Å². The number of aliphatic carboxylic acids is 1. The highest BCUT2D eigenvalue weighted by Gasteiger charge is 2.49. The first kappa shape index (κ1) is 17.7. The van der Waals surface area contributed by atoms with Crippen molar-refractivity contribution in [2.45, 2.75) is 12.0 Å². The molecule has 1 atom stereocenters. The zero-order valence-electron chi connectivity index (χ0n) is 13.2. The van der Waals surface area contributed by atoms with Gasteiger partial charge in [-0.15, -0.1) is 0 Å². The van der Waals surface area contributed by atoms with Gasteiger partial charge in [0.2, 0.25) is 5.78 Å². The van der Waals surface area contributed by atoms with Crippen molar-refractivity contribution in [3.63, 3.8) is 0 Å². The molecule has 1 aliphatic rings. The number of carbonyl (C=O) groups is 2. The fourth-order valence-electron chi connectivity index (χ4n) is 3.06. The maximum Gasteiger partial charge on any atom is 0.341 e. The molecular formula is C18H14Cl2O5. The van der Waals surface area contributed by atoms with Crippen molar-refractivity contribution in [1.82, 2.24) is 0 Å². The fraction of sp³-hybridized carbons (Fsp3) is 0.222. The maximum atomic E-state index is 13.1. The van der Waals surface area contributed by atoms with Crippen LogP contribution in [0, 0.1) is 0 Å². The summed E-state index contributed by atoms with van der Waals surface area (Å²) < 4.78 is 10.8. The molecule has 0 saturated carbocycles. The van der Waals surface area contributed by atoms with Crippen LogP contribution in [0.4, 0.5) is 0 Å². The van der Waals surface area contributed by atoms with Gasteiger partial charge in [-0.05, 0) is 17.2 Å². The molecule has 0 spiro atoms. The van der Waals surface area contributed by atoms with E-state index in [1.54, 1.807) is 6.07 Å². The average molecular weight is 381 g/mol. The molecule has 25 heavy (non-hydrogen) atoms. The molecule has 130 valence electrons. The number of halogens is 2. The fourth-order valence-corrected chi connectivity index (χ4v) is 3.56. The predicted octanol–water partition coefficient (Wildman–Crippen LogP) is 3.74. The Morgan fingerprint density at radius 2 is 1.92 bits per heavy atom. The Morgan fingerprint density at radius 3 is 2.52 bits per heavy atom. The molecule has 1 N–H and O–H groups in total. The van der Waals surface area contributed by atoms with Crippen molar-refractivity contribution in [2.24, 2.45) is 0 Å². The van der Waals surface area contributed by atoms with E-state index in [9.17, 15) is 9.59 Å². The zero-order chi connectivity index (χ0) is 18.2. The minimum atomic E-state index is -1.19. The Hall–Kier alpha value is -2.08. The van der Waals surface area contributed by atoms with E-state index in [4.69, 9.17) is 37.8 Å². The second kappa shape index (κ2) is 6.67. The lowest BCUT2D eigenvalue weighted by atomic mass is 9.89. The highest BCUT2D eigenvalue weighted by molar-refractivity contribution is 6.45. The van der Waals surface area contributed by atoms with Crippen molar-refractivity contribution >= 4 is 35.0 Å². The van der Waals surface area contributed by atoms with E-state index in [-0.39, 0.29) is 33.6 Å². The number of hydrogen-bond acceptors (Lipinski definition) is 4. The van der Waals surface area contributed by atoms with Crippen LogP contribution in [0.15, 0.2) is 36.4 Å². The smallest absolute Gasteiger partial charge is 0.341 e. The first-order valence-electron chi connectivity index (χ1n) is 7.41. The van der Waals surface area contributed by atoms with E-state index in [0.29, 0.717) is 11.1 Å². The first-order valence-corrected chi connectivity index (χ1v) is 8.17. The average Bonchev–Trinajstić information content (AvgIpc) is 2.90. The van der Waals surface area contributed by atoms with E-state index in [1.165, 1.54) is 7.11 Å². The van der Waals surface area contributed by atoms with Crippen molar-refractivity contribution in [3.05, 3.63) is 63.1 Å². The number of carboxylic acid groups (broad SMARTS) is 1. The van der Waals surface area contributed by atoms with Gasteiger partial charge in [0.05, 0.1) is 5.02 Å². The third kappa shape index (κ3) is 2.88. The molecule has 2 aromatic rings. The number of Topliss-reactive ketones (excluding diaryl/α,β-unsaturated/α-hetero) is 1. The quantitative estimate of drug-likeness (QED) is 0.854. The Bertz CT molecular complexity index is 850. The largest absolute Gasteiger partial charge is 0.480 e. The summed E-state index contributed by atoms with van der Waals surface area (Å²) in [5.41, 5.74) is 0.395. The second-order valence-corrected chi connectivity index (χ2v) is 6.38. The molecule has 0 radical (unpaired) electrons. The topological polar surface area (TPSA) is 72.8 Å². The third-order valence-corrected chi connectivity index (χ3v) is 5.08. The first-order chi connectivity index (χ1) is 11.9. The van der Waals surface area contributed by atoms with Gasteiger partial charge in [0, 0.05) is 19.1 Å². The summed E-state index contributed by atoms with van der Waals surface area (Å²) in [6.07, 6.45) is 0.252. The van der Waals surface area contributed by atoms with Crippen molar-refractivity contribution in [3.8, 4) is 5.75 Å². The minimum absolute atomic E-state index is 0.00924. The van der Waals surface area contributed by atoms with Gasteiger partial charge in [-0.3, -0.25) is 4.79 Å². The number of fused-ring (bicyclic) bond motifs is 1. The van der Waals surface area contributed by atoms with Crippen molar-refractivity contribution < 1.29 is 24.2 Å². The van der Waals surface area contributed by atoms with Gasteiger partial charge in [-0.25, -0.2) is 4.79 Å². The Labute approximate surface area is 154 Å². The standard InChI is InChI=1S/C18H14Cl2O5/c1-24-18(11-5-3-2-4-6-11)8-10-7-12(25-9-13(21)22)15(19)16(20)14(10)17(18)23/h2-7H,8-9H2,1H3,(H,21,22)/t18-/m0/s1. The zero-order valence-corrected chi connectivity index (χ0v) is 14.7. The number of carbonyl (C=O) groups excluding carboxylic acids is 1. The van der Waals surface area contributed by atoms with Crippen LogP contribution in [0.25, 0.3) is 0 Å². The molecule has 0 unspecified atom stereocenters. The lowest BCUT2D eigenvalue weighted by Crippen LogP contribution is -2.35. The lowest BCUT2D eigenvalue weighted by Gasteiger charge is -2.26. The number of rotatable bonds is 5. The van der Waals surface area contributed by atoms with Crippen molar-refractivity contribution in [2.75, 3.05) is 13.7 Å². The molecule has 2 aromatic carbocycles. The summed E-state index contributed by atoms with van der Waals surface area (Å²) in [7, 11) is 1.47. The molecule has 0 bridgehead atoms. The van der Waals surface area contributed by atoms with Gasteiger partial charge in [-0.1, -0.05) is 53.5 Å². The van der Waals surface area contributed by atoms with E-state index in [0.717, 1.165) is 0 Å². The lowest BCUT2D eigenvalue weighted by molar-refractivity contribution is -0.139. The van der Waals surface area contributed by atoms with Gasteiger partial charge in [0.15, 0.2) is 12.2 Å². The highest BCUT2D eigenvalue weighted by Crippen LogP contribution is 2.47. The number of benzene rings is 2. The van der Waals surface area contributed by atoms with Crippen LogP contribution in [0.2, 0.25) is 10.0 Å². The molecular weight excluding hydrogens is 367 g/mol. The predicted molar refractivity (Wildman–Crippen MR) is 92.8 cm³/mol. The Balaban J connectivity index is 2.09. The van der Waals surface area contributed by atoms with E-state index >= 15 is 0 Å². The highest BCUT2D eigenvalue weighted by atomic mass is 35.5. The van der Waals surface area contributed by atoms with Crippen LogP contribution in [0.1, 0.15) is 21.5 Å². The van der Waals surface area contributed by atoms with Gasteiger partial charge in [0.25, 0.3) is 0 Å². The summed E-state index contributed by atoms with van der Waals surface area (Å²) in [6.45, 7) is -0.559. The van der Waals surface area contributed by atoms with Gasteiger partial charge in [0.1, 0.15) is 10.8 Å². The molecule has 0 heterocycles. The molecule has 1 aliphatic carbocycles. The maximum absolute atomic E-state index is 13.1. The van der Waals surface area contributed by atoms with Crippen molar-refractivity contribution in [1.29, 1.82) is 0 Å². The van der Waals surface area contributed by atoms with Gasteiger partial charge < -0.3 is 14.6 Å². The van der Waals surface area contributed by atoms with Crippen LogP contribution in [-0.2, 0) is 21.6 Å². The van der Waals surface area contributed by atoms with Crippen LogP contribution >= 0.6 is 23.2 Å². The third-order valence-electron chi connectivity index (χ3n) is 4.23. The molecule has 0 aliphatic heterocycles. The number of ether oxygens (including phenoxy) is 2. The monoisotopic (exact) mass is 380 g/mol.